The summed E-state index contributed by atoms with van der Waals surface area (Å²) in [5.74, 6) is 0.497. The van der Waals surface area contributed by atoms with Gasteiger partial charge in [0.25, 0.3) is 0 Å². The van der Waals surface area contributed by atoms with Crippen LogP contribution in [0.2, 0.25) is 0 Å². The Kier molecular flexibility index (Phi) is 3.57. The SMILES string of the molecule is Cc1cnc(N)cc1-c1cccnn1.Cl. The first-order valence-electron chi connectivity index (χ1n) is 4.27. The molecule has 2 aromatic heterocycles. The van der Waals surface area contributed by atoms with Crippen LogP contribution in [0.5, 0.6) is 0 Å². The van der Waals surface area contributed by atoms with Crippen molar-refractivity contribution in [2.75, 3.05) is 5.73 Å². The lowest BCUT2D eigenvalue weighted by molar-refractivity contribution is 1.03. The van der Waals surface area contributed by atoms with Crippen LogP contribution < -0.4 is 5.73 Å². The summed E-state index contributed by atoms with van der Waals surface area (Å²) in [4.78, 5) is 3.99. The topological polar surface area (TPSA) is 64.7 Å². The van der Waals surface area contributed by atoms with Crippen molar-refractivity contribution in [3.63, 3.8) is 0 Å². The zero-order valence-electron chi connectivity index (χ0n) is 8.21. The molecule has 0 fully saturated rings. The molecule has 0 atom stereocenters. The van der Waals surface area contributed by atoms with Gasteiger partial charge in [-0.15, -0.1) is 12.4 Å². The van der Waals surface area contributed by atoms with Gasteiger partial charge in [0.2, 0.25) is 0 Å². The van der Waals surface area contributed by atoms with Crippen LogP contribution in [0, 0.1) is 6.92 Å². The summed E-state index contributed by atoms with van der Waals surface area (Å²) in [6.45, 7) is 1.97. The van der Waals surface area contributed by atoms with Crippen molar-refractivity contribution in [1.29, 1.82) is 0 Å². The van der Waals surface area contributed by atoms with E-state index in [9.17, 15) is 0 Å². The lowest BCUT2D eigenvalue weighted by atomic mass is 10.1. The molecule has 0 bridgehead atoms. The van der Waals surface area contributed by atoms with Crippen LogP contribution in [0.15, 0.2) is 30.6 Å². The minimum Gasteiger partial charge on any atom is -0.384 e. The molecule has 2 N–H and O–H groups in total. The number of rotatable bonds is 1. The van der Waals surface area contributed by atoms with Crippen molar-refractivity contribution in [2.45, 2.75) is 6.92 Å². The average Bonchev–Trinajstić information content (AvgIpc) is 2.23. The average molecular weight is 223 g/mol. The summed E-state index contributed by atoms with van der Waals surface area (Å²) in [5, 5.41) is 7.84. The third-order valence-electron chi connectivity index (χ3n) is 1.97. The number of pyridine rings is 1. The highest BCUT2D eigenvalue weighted by atomic mass is 35.5. The second kappa shape index (κ2) is 4.70. The minimum absolute atomic E-state index is 0. The fourth-order valence-electron chi connectivity index (χ4n) is 1.26. The van der Waals surface area contributed by atoms with E-state index in [4.69, 9.17) is 5.73 Å². The lowest BCUT2D eigenvalue weighted by Crippen LogP contribution is -1.94. The molecule has 0 aliphatic carbocycles. The van der Waals surface area contributed by atoms with Crippen molar-refractivity contribution in [1.82, 2.24) is 15.2 Å². The Morgan fingerprint density at radius 3 is 2.80 bits per heavy atom. The van der Waals surface area contributed by atoms with Crippen LogP contribution >= 0.6 is 12.4 Å². The zero-order valence-corrected chi connectivity index (χ0v) is 9.03. The van der Waals surface area contributed by atoms with Gasteiger partial charge in [-0.2, -0.15) is 10.2 Å². The molecule has 0 unspecified atom stereocenters. The van der Waals surface area contributed by atoms with Crippen LogP contribution in [0.4, 0.5) is 5.82 Å². The zero-order chi connectivity index (χ0) is 9.97. The maximum absolute atomic E-state index is 5.61. The molecular formula is C10H11ClN4. The summed E-state index contributed by atoms with van der Waals surface area (Å²) in [5.41, 5.74) is 8.44. The lowest BCUT2D eigenvalue weighted by Gasteiger charge is -2.03. The summed E-state index contributed by atoms with van der Waals surface area (Å²) >= 11 is 0. The smallest absolute Gasteiger partial charge is 0.123 e. The van der Waals surface area contributed by atoms with Crippen LogP contribution in [0.3, 0.4) is 0 Å². The van der Waals surface area contributed by atoms with Gasteiger partial charge < -0.3 is 5.73 Å². The van der Waals surface area contributed by atoms with Gasteiger partial charge in [-0.3, -0.25) is 0 Å². The van der Waals surface area contributed by atoms with Gasteiger partial charge in [0.05, 0.1) is 5.69 Å². The van der Waals surface area contributed by atoms with E-state index in [0.717, 1.165) is 16.8 Å². The van der Waals surface area contributed by atoms with Crippen molar-refractivity contribution >= 4 is 18.2 Å². The number of nitrogens with zero attached hydrogens (tertiary/aromatic N) is 3. The predicted molar refractivity (Wildman–Crippen MR) is 61.7 cm³/mol. The number of aryl methyl sites for hydroxylation is 1. The molecule has 0 spiro atoms. The van der Waals surface area contributed by atoms with Gasteiger partial charge in [-0.25, -0.2) is 4.98 Å². The molecule has 0 aliphatic rings. The van der Waals surface area contributed by atoms with Crippen molar-refractivity contribution in [2.24, 2.45) is 0 Å². The van der Waals surface area contributed by atoms with Crippen LogP contribution in [0.25, 0.3) is 11.3 Å². The summed E-state index contributed by atoms with van der Waals surface area (Å²) in [6, 6.07) is 5.55. The van der Waals surface area contributed by atoms with Crippen LogP contribution in [-0.4, -0.2) is 15.2 Å². The van der Waals surface area contributed by atoms with Gasteiger partial charge in [0.15, 0.2) is 0 Å². The van der Waals surface area contributed by atoms with E-state index in [2.05, 4.69) is 15.2 Å². The fraction of sp³-hybridized carbons (Fsp3) is 0.100. The summed E-state index contributed by atoms with van der Waals surface area (Å²) in [7, 11) is 0. The molecule has 0 amide bonds. The van der Waals surface area contributed by atoms with E-state index in [0.29, 0.717) is 5.82 Å². The molecule has 0 aliphatic heterocycles. The number of nitrogen functional groups attached to an aromatic ring is 1. The van der Waals surface area contributed by atoms with E-state index in [1.54, 1.807) is 18.5 Å². The van der Waals surface area contributed by atoms with Crippen LogP contribution in [-0.2, 0) is 0 Å². The molecular weight excluding hydrogens is 212 g/mol. The number of anilines is 1. The molecule has 0 saturated heterocycles. The molecule has 4 nitrogen and oxygen atoms in total. The first kappa shape index (κ1) is 11.4. The molecule has 2 rings (SSSR count). The third kappa shape index (κ3) is 2.41. The third-order valence-corrected chi connectivity index (χ3v) is 1.97. The second-order valence-corrected chi connectivity index (χ2v) is 3.03. The molecule has 0 aromatic carbocycles. The molecule has 15 heavy (non-hydrogen) atoms. The van der Waals surface area contributed by atoms with Gasteiger partial charge in [0.1, 0.15) is 5.82 Å². The maximum Gasteiger partial charge on any atom is 0.123 e. The Balaban J connectivity index is 0.00000112. The van der Waals surface area contributed by atoms with Gasteiger partial charge >= 0.3 is 0 Å². The Morgan fingerprint density at radius 2 is 2.13 bits per heavy atom. The summed E-state index contributed by atoms with van der Waals surface area (Å²) < 4.78 is 0. The predicted octanol–water partition coefficient (Wildman–Crippen LogP) is 1.85. The monoisotopic (exact) mass is 222 g/mol. The quantitative estimate of drug-likeness (QED) is 0.800. The number of aromatic nitrogens is 3. The molecule has 78 valence electrons. The molecule has 0 saturated carbocycles. The number of hydrogen-bond acceptors (Lipinski definition) is 4. The Morgan fingerprint density at radius 1 is 1.33 bits per heavy atom. The van der Waals surface area contributed by atoms with Crippen molar-refractivity contribution in [3.8, 4) is 11.3 Å². The fourth-order valence-corrected chi connectivity index (χ4v) is 1.26. The first-order valence-corrected chi connectivity index (χ1v) is 4.27. The first-order chi connectivity index (χ1) is 6.77. The normalized spacial score (nSPS) is 9.40. The molecule has 5 heteroatoms. The number of nitrogens with two attached hydrogens (primary N) is 1. The number of hydrogen-bond donors (Lipinski definition) is 1. The minimum atomic E-state index is 0. The highest BCUT2D eigenvalue weighted by molar-refractivity contribution is 5.85. The number of halogens is 1. The Bertz CT molecular complexity index is 444. The van der Waals surface area contributed by atoms with E-state index < -0.39 is 0 Å². The van der Waals surface area contributed by atoms with Gasteiger partial charge in [-0.05, 0) is 30.7 Å². The highest BCUT2D eigenvalue weighted by Crippen LogP contribution is 2.20. The van der Waals surface area contributed by atoms with E-state index in [1.807, 2.05) is 19.1 Å². The molecule has 0 radical (unpaired) electrons. The van der Waals surface area contributed by atoms with Crippen LogP contribution in [0.1, 0.15) is 5.56 Å². The maximum atomic E-state index is 5.61. The Hall–Kier alpha value is -1.68. The standard InChI is InChI=1S/C10H10N4.ClH/c1-7-6-12-10(11)5-8(7)9-3-2-4-13-14-9;/h2-6H,1H3,(H2,11,12);1H. The highest BCUT2D eigenvalue weighted by Gasteiger charge is 2.03. The van der Waals surface area contributed by atoms with Crippen molar-refractivity contribution in [3.05, 3.63) is 36.2 Å². The molecule has 2 heterocycles. The van der Waals surface area contributed by atoms with E-state index >= 15 is 0 Å². The van der Waals surface area contributed by atoms with Crippen molar-refractivity contribution < 1.29 is 0 Å². The second-order valence-electron chi connectivity index (χ2n) is 3.03. The van der Waals surface area contributed by atoms with E-state index in [1.165, 1.54) is 0 Å². The summed E-state index contributed by atoms with van der Waals surface area (Å²) in [6.07, 6.45) is 3.38. The molecule has 2 aromatic rings. The Labute approximate surface area is 94.0 Å². The largest absolute Gasteiger partial charge is 0.384 e. The van der Waals surface area contributed by atoms with E-state index in [-0.39, 0.29) is 12.4 Å². The van der Waals surface area contributed by atoms with Gasteiger partial charge in [0, 0.05) is 18.0 Å². The van der Waals surface area contributed by atoms with Gasteiger partial charge in [-0.1, -0.05) is 0 Å².